The zero-order chi connectivity index (χ0) is 30.4. The molecule has 2 aliphatic rings. The van der Waals surface area contributed by atoms with Gasteiger partial charge < -0.3 is 14.4 Å². The van der Waals surface area contributed by atoms with Crippen LogP contribution in [0.2, 0.25) is 0 Å². The minimum atomic E-state index is -0.857. The highest BCUT2D eigenvalue weighted by atomic mass is 79.9. The largest absolute Gasteiger partial charge is 0.491 e. The smallest absolute Gasteiger partial charge is 0.338 e. The van der Waals surface area contributed by atoms with Gasteiger partial charge in [-0.2, -0.15) is 0 Å². The topological polar surface area (TPSA) is 90.2 Å². The monoisotopic (exact) mass is 657 g/mol. The van der Waals surface area contributed by atoms with Crippen LogP contribution in [0.5, 0.6) is 5.75 Å². The highest BCUT2D eigenvalue weighted by Gasteiger charge is 2.37. The summed E-state index contributed by atoms with van der Waals surface area (Å²) >= 11 is 4.65. The third-order valence-electron chi connectivity index (χ3n) is 7.25. The first kappa shape index (κ1) is 28.8. The molecule has 6 rings (SSSR count). The molecule has 218 valence electrons. The molecule has 3 aromatic carbocycles. The molecule has 0 saturated heterocycles. The summed E-state index contributed by atoms with van der Waals surface area (Å²) in [4.78, 5) is 48.5. The van der Waals surface area contributed by atoms with Crippen molar-refractivity contribution >= 4 is 56.1 Å². The van der Waals surface area contributed by atoms with E-state index in [9.17, 15) is 14.4 Å². The molecule has 8 nitrogen and oxygen atoms in total. The van der Waals surface area contributed by atoms with E-state index in [1.54, 1.807) is 18.9 Å². The number of carbonyl (C=O) groups excluding carboxylic acids is 2. The number of nitrogens with zero attached hydrogens (tertiary/aromatic N) is 3. The van der Waals surface area contributed by atoms with Gasteiger partial charge in [-0.1, -0.05) is 69.7 Å². The van der Waals surface area contributed by atoms with Crippen LogP contribution < -0.4 is 24.5 Å². The summed E-state index contributed by atoms with van der Waals surface area (Å²) in [5.41, 5.74) is 3.32. The number of fused-ring (bicyclic) bond motifs is 2. The van der Waals surface area contributed by atoms with Crippen molar-refractivity contribution in [1.82, 2.24) is 4.57 Å². The van der Waals surface area contributed by atoms with Crippen molar-refractivity contribution in [3.8, 4) is 5.75 Å². The predicted octanol–water partition coefficient (Wildman–Crippen LogP) is 4.83. The van der Waals surface area contributed by atoms with Crippen molar-refractivity contribution in [3.05, 3.63) is 119 Å². The number of aromatic nitrogens is 1. The molecule has 0 radical (unpaired) electrons. The number of esters is 1. The summed E-state index contributed by atoms with van der Waals surface area (Å²) in [5.74, 6) is -0.181. The molecule has 0 aliphatic carbocycles. The summed E-state index contributed by atoms with van der Waals surface area (Å²) in [7, 11) is 1.69. The van der Waals surface area contributed by atoms with Crippen LogP contribution in [0, 0.1) is 0 Å². The molecule has 0 bridgehead atoms. The van der Waals surface area contributed by atoms with Crippen molar-refractivity contribution in [2.24, 2.45) is 4.99 Å². The zero-order valence-electron chi connectivity index (χ0n) is 24.0. The first-order chi connectivity index (χ1) is 20.7. The van der Waals surface area contributed by atoms with Gasteiger partial charge in [0.05, 0.1) is 41.3 Å². The van der Waals surface area contributed by atoms with E-state index >= 15 is 0 Å². The second kappa shape index (κ2) is 11.4. The Labute approximate surface area is 260 Å². The maximum Gasteiger partial charge on any atom is 0.338 e. The minimum absolute atomic E-state index is 0.0188. The van der Waals surface area contributed by atoms with E-state index in [0.717, 1.165) is 15.8 Å². The Morgan fingerprint density at radius 3 is 2.44 bits per heavy atom. The van der Waals surface area contributed by atoms with E-state index in [4.69, 9.17) is 14.5 Å². The third-order valence-corrected chi connectivity index (χ3v) is 8.80. The van der Waals surface area contributed by atoms with E-state index in [0.29, 0.717) is 44.2 Å². The van der Waals surface area contributed by atoms with Crippen molar-refractivity contribution in [2.75, 3.05) is 18.6 Å². The second-order valence-corrected chi connectivity index (χ2v) is 12.3. The fourth-order valence-corrected chi connectivity index (χ4v) is 6.87. The van der Waals surface area contributed by atoms with Crippen LogP contribution in [0.15, 0.2) is 92.6 Å². The molecule has 3 heterocycles. The highest BCUT2D eigenvalue weighted by Crippen LogP contribution is 2.38. The minimum Gasteiger partial charge on any atom is -0.491 e. The molecule has 0 fully saturated rings. The van der Waals surface area contributed by atoms with Gasteiger partial charge in [-0.3, -0.25) is 14.2 Å². The van der Waals surface area contributed by atoms with Crippen molar-refractivity contribution in [3.63, 3.8) is 0 Å². The maximum absolute atomic E-state index is 14.4. The van der Waals surface area contributed by atoms with E-state index in [2.05, 4.69) is 15.9 Å². The summed E-state index contributed by atoms with van der Waals surface area (Å²) < 4.78 is 14.0. The standard InChI is InChI=1S/C33H28BrN3O5S/c1-5-41-32(40)26-27(19-9-7-6-8-10-19)35-33-37(28(26)20-11-14-22(15-12-20)42-18(2)3)31(39)29(43-33)25-23-17-21(34)13-16-24(23)36(4)30(25)38/h6-18,28H,5H2,1-4H3/b29-25+/t28-/m1/s1. The molecule has 1 atom stereocenters. The van der Waals surface area contributed by atoms with Crippen LogP contribution in [-0.2, 0) is 14.3 Å². The summed E-state index contributed by atoms with van der Waals surface area (Å²) in [6.45, 7) is 5.78. The highest BCUT2D eigenvalue weighted by molar-refractivity contribution is 9.10. The van der Waals surface area contributed by atoms with E-state index < -0.39 is 17.6 Å². The van der Waals surface area contributed by atoms with Gasteiger partial charge >= 0.3 is 5.97 Å². The number of ether oxygens (including phenoxy) is 2. The third kappa shape index (κ3) is 5.04. The molecule has 0 N–H and O–H groups in total. The Kier molecular flexibility index (Phi) is 7.66. The predicted molar refractivity (Wildman–Crippen MR) is 170 cm³/mol. The van der Waals surface area contributed by atoms with Gasteiger partial charge in [0.2, 0.25) is 0 Å². The number of anilines is 1. The number of carbonyl (C=O) groups is 2. The number of halogens is 1. The number of hydrogen-bond acceptors (Lipinski definition) is 7. The van der Waals surface area contributed by atoms with E-state index in [1.807, 2.05) is 86.6 Å². The van der Waals surface area contributed by atoms with Gasteiger partial charge in [0.15, 0.2) is 4.80 Å². The Bertz CT molecular complexity index is 1980. The van der Waals surface area contributed by atoms with Crippen molar-refractivity contribution in [2.45, 2.75) is 32.9 Å². The number of thiazole rings is 1. The fraction of sp³-hybridized carbons (Fsp3) is 0.212. The molecule has 1 aromatic heterocycles. The van der Waals surface area contributed by atoms with Gasteiger partial charge in [-0.25, -0.2) is 9.79 Å². The molecule has 0 spiro atoms. The number of hydrogen-bond donors (Lipinski definition) is 0. The molecule has 43 heavy (non-hydrogen) atoms. The van der Waals surface area contributed by atoms with Crippen molar-refractivity contribution in [1.29, 1.82) is 0 Å². The van der Waals surface area contributed by atoms with Crippen LogP contribution in [0.1, 0.15) is 43.5 Å². The lowest BCUT2D eigenvalue weighted by Gasteiger charge is -2.26. The molecule has 2 aliphatic heterocycles. The van der Waals surface area contributed by atoms with Crippen LogP contribution in [0.4, 0.5) is 5.69 Å². The van der Waals surface area contributed by atoms with Crippen LogP contribution in [0.3, 0.4) is 0 Å². The first-order valence-corrected chi connectivity index (χ1v) is 15.5. The van der Waals surface area contributed by atoms with Gasteiger partial charge in [-0.05, 0) is 56.7 Å². The first-order valence-electron chi connectivity index (χ1n) is 13.8. The van der Waals surface area contributed by atoms with Crippen molar-refractivity contribution < 1.29 is 19.1 Å². The second-order valence-electron chi connectivity index (χ2n) is 10.4. The van der Waals surface area contributed by atoms with Gasteiger partial charge in [0.1, 0.15) is 10.3 Å². The Hall–Kier alpha value is -4.28. The zero-order valence-corrected chi connectivity index (χ0v) is 26.4. The number of amides is 1. The maximum atomic E-state index is 14.4. The van der Waals surface area contributed by atoms with Gasteiger partial charge in [-0.15, -0.1) is 0 Å². The lowest BCUT2D eigenvalue weighted by Crippen LogP contribution is -2.40. The molecule has 4 aromatic rings. The van der Waals surface area contributed by atoms with Gasteiger partial charge in [0, 0.05) is 22.6 Å². The molecule has 10 heteroatoms. The van der Waals surface area contributed by atoms with Gasteiger partial charge in [0.25, 0.3) is 11.5 Å². The summed E-state index contributed by atoms with van der Waals surface area (Å²) in [6.07, 6.45) is -0.0188. The molecular weight excluding hydrogens is 630 g/mol. The van der Waals surface area contributed by atoms with Crippen LogP contribution in [0.25, 0.3) is 11.3 Å². The Morgan fingerprint density at radius 2 is 1.77 bits per heavy atom. The molecular formula is C33H28BrN3O5S. The normalized spacial score (nSPS) is 17.1. The van der Waals surface area contributed by atoms with E-state index in [-0.39, 0.29) is 28.7 Å². The lowest BCUT2D eigenvalue weighted by molar-refractivity contribution is -0.138. The van der Waals surface area contributed by atoms with E-state index in [1.165, 1.54) is 4.57 Å². The molecule has 1 amide bonds. The summed E-state index contributed by atoms with van der Waals surface area (Å²) in [6, 6.07) is 21.4. The fourth-order valence-electron chi connectivity index (χ4n) is 5.42. The average molecular weight is 659 g/mol. The quantitative estimate of drug-likeness (QED) is 0.277. The lowest BCUT2D eigenvalue weighted by atomic mass is 9.93. The number of likely N-dealkylation sites (N-methyl/N-ethyl adjacent to an activating group) is 1. The summed E-state index contributed by atoms with van der Waals surface area (Å²) in [5, 5.41) is 0. The number of rotatable bonds is 6. The number of benzene rings is 3. The Balaban J connectivity index is 1.68. The molecule has 0 unspecified atom stereocenters. The van der Waals surface area contributed by atoms with Crippen LogP contribution in [-0.4, -0.2) is 36.2 Å². The molecule has 0 saturated carbocycles. The SMILES string of the molecule is CCOC(=O)C1=C(c2ccccc2)N=c2s/c(=C3/C(=O)N(C)c4ccc(Br)cc43)c(=O)n2[C@@H]1c1ccc(OC(C)C)cc1. The van der Waals surface area contributed by atoms with Crippen LogP contribution >= 0.6 is 27.3 Å². The average Bonchev–Trinajstić information content (AvgIpc) is 3.44. The Morgan fingerprint density at radius 1 is 1.05 bits per heavy atom.